The van der Waals surface area contributed by atoms with Gasteiger partial charge in [-0.2, -0.15) is 0 Å². The summed E-state index contributed by atoms with van der Waals surface area (Å²) >= 11 is 0. The molecular weight excluding hydrogens is 647 g/mol. The van der Waals surface area contributed by atoms with E-state index >= 15 is 0 Å². The molecule has 0 aromatic heterocycles. The van der Waals surface area contributed by atoms with E-state index in [4.69, 9.17) is 4.74 Å². The van der Waals surface area contributed by atoms with Gasteiger partial charge in [0.05, 0.1) is 0 Å². The topological polar surface area (TPSA) is 87.7 Å². The summed E-state index contributed by atoms with van der Waals surface area (Å²) in [6.07, 6.45) is 42.2. The fourth-order valence-corrected chi connectivity index (χ4v) is 6.93. The highest BCUT2D eigenvalue weighted by molar-refractivity contribution is 5.84. The fourth-order valence-electron chi connectivity index (χ4n) is 6.93. The zero-order valence-corrected chi connectivity index (χ0v) is 35.5. The molecule has 0 saturated carbocycles. The van der Waals surface area contributed by atoms with Crippen LogP contribution in [0.1, 0.15) is 253 Å². The summed E-state index contributed by atoms with van der Waals surface area (Å²) in [6, 6.07) is 0. The fraction of sp³-hybridized carbons (Fsp3) is 0.933. The molecule has 0 spiro atoms. The van der Waals surface area contributed by atoms with Crippen molar-refractivity contribution in [1.82, 2.24) is 15.8 Å². The van der Waals surface area contributed by atoms with Crippen molar-refractivity contribution in [3.8, 4) is 0 Å². The molecule has 0 aliphatic carbocycles. The van der Waals surface area contributed by atoms with E-state index in [1.807, 2.05) is 4.90 Å². The third-order valence-electron chi connectivity index (χ3n) is 10.2. The standard InChI is InChI=1S/C45H89N3O4/c1-6-8-10-12-14-16-18-20-22-24-26-28-30-32-34-36-40-48(43(50)39-38-42(49)46-47-44(51)52-45(3,4)5)41-37-35-33-31-29-27-25-23-21-19-17-15-13-11-9-7-2/h6-41H2,1-5H3,(H,46,49)(H,47,51). The minimum Gasteiger partial charge on any atom is -0.443 e. The number of hydrazine groups is 1. The molecule has 0 aromatic carbocycles. The molecule has 0 aliphatic rings. The average molecular weight is 736 g/mol. The molecule has 7 nitrogen and oxygen atoms in total. The summed E-state index contributed by atoms with van der Waals surface area (Å²) in [7, 11) is 0. The maximum Gasteiger partial charge on any atom is 0.426 e. The molecule has 0 rings (SSSR count). The number of ether oxygens (including phenoxy) is 1. The Kier molecular flexibility index (Phi) is 36.2. The largest absolute Gasteiger partial charge is 0.443 e. The lowest BCUT2D eigenvalue weighted by atomic mass is 10.0. The van der Waals surface area contributed by atoms with Crippen molar-refractivity contribution in [2.75, 3.05) is 13.1 Å². The van der Waals surface area contributed by atoms with E-state index in [1.165, 1.54) is 180 Å². The first-order valence-corrected chi connectivity index (χ1v) is 22.7. The summed E-state index contributed by atoms with van der Waals surface area (Å²) in [4.78, 5) is 39.3. The van der Waals surface area contributed by atoms with Crippen molar-refractivity contribution in [2.45, 2.75) is 259 Å². The van der Waals surface area contributed by atoms with Gasteiger partial charge in [-0.15, -0.1) is 0 Å². The predicted octanol–water partition coefficient (Wildman–Crippen LogP) is 13.7. The molecule has 0 bridgehead atoms. The number of amides is 3. The number of unbranched alkanes of at least 4 members (excludes halogenated alkanes) is 30. The number of hydrogen-bond acceptors (Lipinski definition) is 4. The van der Waals surface area contributed by atoms with Gasteiger partial charge in [0.1, 0.15) is 5.60 Å². The van der Waals surface area contributed by atoms with Crippen molar-refractivity contribution >= 4 is 17.9 Å². The van der Waals surface area contributed by atoms with Gasteiger partial charge in [-0.3, -0.25) is 15.0 Å². The maximum absolute atomic E-state index is 13.2. The summed E-state index contributed by atoms with van der Waals surface area (Å²) in [5.41, 5.74) is 4.00. The molecule has 2 N–H and O–H groups in total. The third-order valence-corrected chi connectivity index (χ3v) is 10.2. The van der Waals surface area contributed by atoms with E-state index in [0.717, 1.165) is 38.8 Å². The molecule has 0 unspecified atom stereocenters. The molecule has 7 heteroatoms. The molecule has 0 aliphatic heterocycles. The first-order chi connectivity index (χ1) is 25.2. The first-order valence-electron chi connectivity index (χ1n) is 22.7. The number of rotatable bonds is 37. The number of carbonyl (C=O) groups is 3. The van der Waals surface area contributed by atoms with Gasteiger partial charge in [-0.05, 0) is 33.6 Å². The van der Waals surface area contributed by atoms with Crippen LogP contribution >= 0.6 is 0 Å². The second kappa shape index (κ2) is 37.5. The van der Waals surface area contributed by atoms with E-state index in [0.29, 0.717) is 0 Å². The van der Waals surface area contributed by atoms with Gasteiger partial charge in [-0.25, -0.2) is 10.2 Å². The van der Waals surface area contributed by atoms with Gasteiger partial charge in [0.25, 0.3) is 0 Å². The van der Waals surface area contributed by atoms with Crippen LogP contribution in [0.5, 0.6) is 0 Å². The molecular formula is C45H89N3O4. The van der Waals surface area contributed by atoms with Crippen LogP contribution in [-0.2, 0) is 14.3 Å². The summed E-state index contributed by atoms with van der Waals surface area (Å²) in [5.74, 6) is -0.349. The van der Waals surface area contributed by atoms with Gasteiger partial charge in [0.2, 0.25) is 11.8 Å². The van der Waals surface area contributed by atoms with Crippen LogP contribution in [0.15, 0.2) is 0 Å². The van der Waals surface area contributed by atoms with Crippen LogP contribution in [0.2, 0.25) is 0 Å². The summed E-state index contributed by atoms with van der Waals surface area (Å²) in [6.45, 7) is 11.4. The Morgan fingerprint density at radius 2 is 0.712 bits per heavy atom. The van der Waals surface area contributed by atoms with Crippen LogP contribution in [-0.4, -0.2) is 41.5 Å². The Labute approximate surface area is 323 Å². The molecule has 0 saturated heterocycles. The smallest absolute Gasteiger partial charge is 0.426 e. The van der Waals surface area contributed by atoms with Crippen LogP contribution < -0.4 is 10.9 Å². The Balaban J connectivity index is 4.23. The SMILES string of the molecule is CCCCCCCCCCCCCCCCCCN(CCCCCCCCCCCCCCCCCC)C(=O)CCC(=O)NNC(=O)OC(C)(C)C. The Hall–Kier alpha value is -1.79. The lowest BCUT2D eigenvalue weighted by Crippen LogP contribution is -2.44. The van der Waals surface area contributed by atoms with Crippen molar-refractivity contribution in [1.29, 1.82) is 0 Å². The quantitative estimate of drug-likeness (QED) is 0.0491. The maximum atomic E-state index is 13.2. The van der Waals surface area contributed by atoms with Crippen molar-refractivity contribution < 1.29 is 19.1 Å². The van der Waals surface area contributed by atoms with Gasteiger partial charge in [-0.1, -0.05) is 206 Å². The highest BCUT2D eigenvalue weighted by atomic mass is 16.6. The average Bonchev–Trinajstić information content (AvgIpc) is 3.11. The highest BCUT2D eigenvalue weighted by Crippen LogP contribution is 2.16. The van der Waals surface area contributed by atoms with Gasteiger partial charge in [0, 0.05) is 25.9 Å². The Morgan fingerprint density at radius 1 is 0.423 bits per heavy atom. The van der Waals surface area contributed by atoms with Gasteiger partial charge < -0.3 is 9.64 Å². The van der Waals surface area contributed by atoms with Gasteiger partial charge >= 0.3 is 6.09 Å². The molecule has 308 valence electrons. The van der Waals surface area contributed by atoms with Crippen molar-refractivity contribution in [3.05, 3.63) is 0 Å². The molecule has 0 aromatic rings. The zero-order valence-electron chi connectivity index (χ0n) is 35.5. The molecule has 0 heterocycles. The first kappa shape index (κ1) is 50.2. The molecule has 3 amide bonds. The van der Waals surface area contributed by atoms with Gasteiger partial charge in [0.15, 0.2) is 0 Å². The molecule has 0 atom stereocenters. The summed E-state index contributed by atoms with van der Waals surface area (Å²) < 4.78 is 5.16. The molecule has 52 heavy (non-hydrogen) atoms. The Morgan fingerprint density at radius 3 is 1.00 bits per heavy atom. The minimum absolute atomic E-state index is 0.0364. The van der Waals surface area contributed by atoms with Crippen LogP contribution in [0.3, 0.4) is 0 Å². The third kappa shape index (κ3) is 38.0. The monoisotopic (exact) mass is 736 g/mol. The second-order valence-electron chi connectivity index (χ2n) is 16.7. The van der Waals surface area contributed by atoms with E-state index in [2.05, 4.69) is 24.7 Å². The zero-order chi connectivity index (χ0) is 38.4. The van der Waals surface area contributed by atoms with E-state index in [1.54, 1.807) is 20.8 Å². The number of nitrogens with one attached hydrogen (secondary N) is 2. The number of carbonyl (C=O) groups excluding carboxylic acids is 3. The predicted molar refractivity (Wildman–Crippen MR) is 222 cm³/mol. The summed E-state index contributed by atoms with van der Waals surface area (Å²) in [5, 5.41) is 0. The molecule has 0 fully saturated rings. The van der Waals surface area contributed by atoms with E-state index in [-0.39, 0.29) is 24.7 Å². The van der Waals surface area contributed by atoms with E-state index < -0.39 is 11.7 Å². The Bertz CT molecular complexity index is 777. The minimum atomic E-state index is -0.708. The van der Waals surface area contributed by atoms with Crippen LogP contribution in [0.4, 0.5) is 4.79 Å². The number of nitrogens with zero attached hydrogens (tertiary/aromatic N) is 1. The molecule has 0 radical (unpaired) electrons. The van der Waals surface area contributed by atoms with Crippen molar-refractivity contribution in [3.63, 3.8) is 0 Å². The van der Waals surface area contributed by atoms with Crippen LogP contribution in [0.25, 0.3) is 0 Å². The number of hydrogen-bond donors (Lipinski definition) is 2. The van der Waals surface area contributed by atoms with E-state index in [9.17, 15) is 14.4 Å². The lowest BCUT2D eigenvalue weighted by Gasteiger charge is -2.23. The normalized spacial score (nSPS) is 11.5. The van der Waals surface area contributed by atoms with Crippen LogP contribution in [0, 0.1) is 0 Å². The van der Waals surface area contributed by atoms with Crippen molar-refractivity contribution in [2.24, 2.45) is 0 Å². The highest BCUT2D eigenvalue weighted by Gasteiger charge is 2.18. The second-order valence-corrected chi connectivity index (χ2v) is 16.7. The lowest BCUT2D eigenvalue weighted by molar-refractivity contribution is -0.134.